The Kier molecular flexibility index (Phi) is 5.17. The van der Waals surface area contributed by atoms with E-state index < -0.39 is 0 Å². The average molecular weight is 417 g/mol. The van der Waals surface area contributed by atoms with Crippen LogP contribution in [0.5, 0.6) is 5.75 Å². The van der Waals surface area contributed by atoms with Crippen molar-refractivity contribution < 1.29 is 4.74 Å². The Morgan fingerprint density at radius 3 is 2.67 bits per heavy atom. The van der Waals surface area contributed by atoms with Crippen LogP contribution in [-0.2, 0) is 19.5 Å². The van der Waals surface area contributed by atoms with Crippen molar-refractivity contribution >= 4 is 11.3 Å². The van der Waals surface area contributed by atoms with Crippen LogP contribution < -0.4 is 4.74 Å². The van der Waals surface area contributed by atoms with E-state index in [2.05, 4.69) is 25.2 Å². The highest BCUT2D eigenvalue weighted by Gasteiger charge is 2.20. The standard InChI is InChI=1S/C22H20N6OS/c1-29-18-4-2-15(3-5-18)20-13-30-21(26-20)12-28-7-6-19-17(11-28)10-25-22(27-19)16-8-23-14-24-9-16/h2-5,8-10,13-14H,6-7,11-12H2,1H3. The van der Waals surface area contributed by atoms with Crippen LogP contribution in [0.2, 0.25) is 0 Å². The lowest BCUT2D eigenvalue weighted by Crippen LogP contribution is -2.30. The molecule has 0 aliphatic carbocycles. The molecule has 0 saturated heterocycles. The van der Waals surface area contributed by atoms with Crippen molar-refractivity contribution in [2.75, 3.05) is 13.7 Å². The van der Waals surface area contributed by atoms with Crippen LogP contribution in [0.15, 0.2) is 54.6 Å². The molecule has 0 unspecified atom stereocenters. The molecule has 5 rings (SSSR count). The van der Waals surface area contributed by atoms with E-state index in [-0.39, 0.29) is 0 Å². The molecule has 0 atom stereocenters. The summed E-state index contributed by atoms with van der Waals surface area (Å²) >= 11 is 1.70. The average Bonchev–Trinajstić information content (AvgIpc) is 3.28. The lowest BCUT2D eigenvalue weighted by molar-refractivity contribution is 0.242. The van der Waals surface area contributed by atoms with Gasteiger partial charge in [-0.1, -0.05) is 0 Å². The van der Waals surface area contributed by atoms with Crippen molar-refractivity contribution in [3.8, 4) is 28.4 Å². The van der Waals surface area contributed by atoms with E-state index in [4.69, 9.17) is 14.7 Å². The van der Waals surface area contributed by atoms with Gasteiger partial charge in [0.2, 0.25) is 0 Å². The van der Waals surface area contributed by atoms with Gasteiger partial charge in [-0.25, -0.2) is 24.9 Å². The van der Waals surface area contributed by atoms with Crippen LogP contribution in [0.3, 0.4) is 0 Å². The fourth-order valence-corrected chi connectivity index (χ4v) is 4.38. The largest absolute Gasteiger partial charge is 0.497 e. The van der Waals surface area contributed by atoms with E-state index in [1.807, 2.05) is 30.5 Å². The van der Waals surface area contributed by atoms with Gasteiger partial charge in [-0.3, -0.25) is 4.90 Å². The Morgan fingerprint density at radius 1 is 1.03 bits per heavy atom. The zero-order valence-corrected chi connectivity index (χ0v) is 17.3. The number of hydrogen-bond donors (Lipinski definition) is 0. The fraction of sp³-hybridized carbons (Fsp3) is 0.227. The summed E-state index contributed by atoms with van der Waals surface area (Å²) < 4.78 is 5.23. The Hall–Kier alpha value is -3.23. The van der Waals surface area contributed by atoms with Crippen LogP contribution in [0, 0.1) is 0 Å². The quantitative estimate of drug-likeness (QED) is 0.492. The summed E-state index contributed by atoms with van der Waals surface area (Å²) in [4.78, 5) is 24.6. The van der Waals surface area contributed by atoms with E-state index >= 15 is 0 Å². The molecule has 7 nitrogen and oxygen atoms in total. The highest BCUT2D eigenvalue weighted by Crippen LogP contribution is 2.26. The molecule has 0 amide bonds. The fourth-order valence-electron chi connectivity index (χ4n) is 3.53. The van der Waals surface area contributed by atoms with Crippen molar-refractivity contribution in [2.45, 2.75) is 19.5 Å². The highest BCUT2D eigenvalue weighted by molar-refractivity contribution is 7.09. The molecular weight excluding hydrogens is 396 g/mol. The topological polar surface area (TPSA) is 76.9 Å². The summed E-state index contributed by atoms with van der Waals surface area (Å²) in [7, 11) is 1.68. The smallest absolute Gasteiger partial charge is 0.162 e. The van der Waals surface area contributed by atoms with Crippen molar-refractivity contribution in [1.29, 1.82) is 0 Å². The number of fused-ring (bicyclic) bond motifs is 1. The molecule has 8 heteroatoms. The summed E-state index contributed by atoms with van der Waals surface area (Å²) in [5, 5.41) is 3.23. The molecule has 3 aromatic heterocycles. The van der Waals surface area contributed by atoms with E-state index in [1.54, 1.807) is 30.8 Å². The molecule has 1 aromatic carbocycles. The number of hydrogen-bond acceptors (Lipinski definition) is 8. The second-order valence-corrected chi connectivity index (χ2v) is 8.05. The number of benzene rings is 1. The first-order valence-electron chi connectivity index (χ1n) is 9.70. The number of ether oxygens (including phenoxy) is 1. The molecule has 4 heterocycles. The first-order chi connectivity index (χ1) is 14.8. The normalized spacial score (nSPS) is 13.8. The van der Waals surface area contributed by atoms with E-state index in [9.17, 15) is 0 Å². The van der Waals surface area contributed by atoms with Crippen LogP contribution in [0.1, 0.15) is 16.3 Å². The molecule has 1 aliphatic heterocycles. The van der Waals surface area contributed by atoms with Gasteiger partial charge >= 0.3 is 0 Å². The summed E-state index contributed by atoms with van der Waals surface area (Å²) in [6.45, 7) is 2.61. The van der Waals surface area contributed by atoms with Crippen LogP contribution in [-0.4, -0.2) is 43.5 Å². The van der Waals surface area contributed by atoms with Crippen molar-refractivity contribution in [3.63, 3.8) is 0 Å². The number of thiazole rings is 1. The molecule has 0 spiro atoms. The molecule has 0 N–H and O–H groups in total. The molecule has 0 fully saturated rings. The Balaban J connectivity index is 1.27. The highest BCUT2D eigenvalue weighted by atomic mass is 32.1. The molecule has 0 saturated carbocycles. The molecule has 0 bridgehead atoms. The predicted molar refractivity (Wildman–Crippen MR) is 115 cm³/mol. The second kappa shape index (κ2) is 8.25. The van der Waals surface area contributed by atoms with Crippen molar-refractivity contribution in [1.82, 2.24) is 29.8 Å². The van der Waals surface area contributed by atoms with Crippen molar-refractivity contribution in [3.05, 3.63) is 70.8 Å². The third-order valence-corrected chi connectivity index (χ3v) is 5.96. The molecule has 4 aromatic rings. The van der Waals surface area contributed by atoms with E-state index in [1.165, 1.54) is 11.9 Å². The van der Waals surface area contributed by atoms with Crippen LogP contribution >= 0.6 is 11.3 Å². The lowest BCUT2D eigenvalue weighted by Gasteiger charge is -2.27. The van der Waals surface area contributed by atoms with Gasteiger partial charge in [0, 0.05) is 54.6 Å². The number of nitrogens with zero attached hydrogens (tertiary/aromatic N) is 6. The minimum atomic E-state index is 0.687. The maximum atomic E-state index is 5.23. The monoisotopic (exact) mass is 416 g/mol. The van der Waals surface area contributed by atoms with Gasteiger partial charge < -0.3 is 4.74 Å². The Bertz CT molecular complexity index is 1150. The number of aromatic nitrogens is 5. The van der Waals surface area contributed by atoms with Gasteiger partial charge in [-0.15, -0.1) is 11.3 Å². The predicted octanol–water partition coefficient (Wildman–Crippen LogP) is 3.62. The molecule has 30 heavy (non-hydrogen) atoms. The summed E-state index contributed by atoms with van der Waals surface area (Å²) in [5.74, 6) is 1.54. The van der Waals surface area contributed by atoms with Gasteiger partial charge in [0.25, 0.3) is 0 Å². The molecule has 150 valence electrons. The zero-order valence-electron chi connectivity index (χ0n) is 16.5. The molecular formula is C22H20N6OS. The van der Waals surface area contributed by atoms with Gasteiger partial charge in [0.15, 0.2) is 5.82 Å². The molecule has 1 aliphatic rings. The van der Waals surface area contributed by atoms with Gasteiger partial charge in [-0.2, -0.15) is 0 Å². The summed E-state index contributed by atoms with van der Waals surface area (Å²) in [6.07, 6.45) is 7.83. The minimum Gasteiger partial charge on any atom is -0.497 e. The SMILES string of the molecule is COc1ccc(-c2csc(CN3CCc4nc(-c5cncnc5)ncc4C3)n2)cc1. The first-order valence-corrected chi connectivity index (χ1v) is 10.6. The van der Waals surface area contributed by atoms with Gasteiger partial charge in [0.05, 0.1) is 30.6 Å². The Labute approximate surface area is 178 Å². The van der Waals surface area contributed by atoms with Gasteiger partial charge in [-0.05, 0) is 24.3 Å². The molecule has 0 radical (unpaired) electrons. The van der Waals surface area contributed by atoms with Crippen molar-refractivity contribution in [2.24, 2.45) is 0 Å². The zero-order chi connectivity index (χ0) is 20.3. The van der Waals surface area contributed by atoms with Crippen LogP contribution in [0.4, 0.5) is 0 Å². The number of methoxy groups -OCH3 is 1. The summed E-state index contributed by atoms with van der Waals surface area (Å²) in [5.41, 5.74) is 5.24. The van der Waals surface area contributed by atoms with Crippen LogP contribution in [0.25, 0.3) is 22.6 Å². The van der Waals surface area contributed by atoms with Gasteiger partial charge in [0.1, 0.15) is 17.1 Å². The summed E-state index contributed by atoms with van der Waals surface area (Å²) in [6, 6.07) is 8.01. The minimum absolute atomic E-state index is 0.687. The maximum absolute atomic E-state index is 5.23. The van der Waals surface area contributed by atoms with E-state index in [0.29, 0.717) is 5.82 Å². The third-order valence-electron chi connectivity index (χ3n) is 5.13. The number of rotatable bonds is 5. The third kappa shape index (κ3) is 3.92. The first kappa shape index (κ1) is 18.8. The Morgan fingerprint density at radius 2 is 1.87 bits per heavy atom. The second-order valence-electron chi connectivity index (χ2n) is 7.11. The maximum Gasteiger partial charge on any atom is 0.162 e. The lowest BCUT2D eigenvalue weighted by atomic mass is 10.1. The van der Waals surface area contributed by atoms with E-state index in [0.717, 1.165) is 59.3 Å².